The second kappa shape index (κ2) is 51.5. The van der Waals surface area contributed by atoms with Gasteiger partial charge in [-0.1, -0.05) is 309 Å². The van der Waals surface area contributed by atoms with Crippen LogP contribution in [-0.4, -0.2) is 95.4 Å². The van der Waals surface area contributed by atoms with Gasteiger partial charge < -0.3 is 35.2 Å². The molecule has 6 N–H and O–H groups in total. The number of aliphatic hydroxyl groups is 4. The van der Waals surface area contributed by atoms with E-state index in [2.05, 4.69) is 23.3 Å². The fourth-order valence-corrected chi connectivity index (χ4v) is 11.3. The Labute approximate surface area is 456 Å². The van der Waals surface area contributed by atoms with Crippen LogP contribution in [0.4, 0.5) is 0 Å². The van der Waals surface area contributed by atoms with Crippen molar-refractivity contribution in [2.45, 2.75) is 371 Å². The summed E-state index contributed by atoms with van der Waals surface area (Å²) in [6.45, 7) is 3.50. The van der Waals surface area contributed by atoms with E-state index in [9.17, 15) is 38.2 Å². The van der Waals surface area contributed by atoms with Crippen LogP contribution in [0.15, 0.2) is 0 Å². The van der Waals surface area contributed by atoms with Crippen LogP contribution >= 0.6 is 0 Å². The Morgan fingerprint density at radius 3 is 1.08 bits per heavy atom. The monoisotopic (exact) mass is 1080 g/mol. The van der Waals surface area contributed by atoms with Gasteiger partial charge in [-0.3, -0.25) is 9.35 Å². The lowest BCUT2D eigenvalue weighted by Gasteiger charge is -2.41. The maximum atomic E-state index is 13.2. The number of nitrogens with one attached hydrogen (secondary N) is 1. The van der Waals surface area contributed by atoms with E-state index in [0.29, 0.717) is 12.8 Å². The minimum absolute atomic E-state index is 0.222. The van der Waals surface area contributed by atoms with Crippen molar-refractivity contribution in [1.82, 2.24) is 5.32 Å². The van der Waals surface area contributed by atoms with Crippen LogP contribution in [0.3, 0.4) is 0 Å². The Kier molecular flexibility index (Phi) is 49.5. The quantitative estimate of drug-likeness (QED) is 0.0251. The van der Waals surface area contributed by atoms with Crippen molar-refractivity contribution >= 4 is 16.3 Å². The maximum Gasteiger partial charge on any atom is 0.397 e. The summed E-state index contributed by atoms with van der Waals surface area (Å²) < 4.78 is 47.9. The van der Waals surface area contributed by atoms with Crippen molar-refractivity contribution in [3.8, 4) is 0 Å². The van der Waals surface area contributed by atoms with Gasteiger partial charge in [0.15, 0.2) is 6.29 Å². The average Bonchev–Trinajstić information content (AvgIpc) is 3.38. The van der Waals surface area contributed by atoms with E-state index in [-0.39, 0.29) is 12.5 Å². The lowest BCUT2D eigenvalue weighted by molar-refractivity contribution is -0.298. The molecule has 0 aromatic carbocycles. The molecule has 7 atom stereocenters. The summed E-state index contributed by atoms with van der Waals surface area (Å²) in [5.74, 6) is -0.222. The predicted octanol–water partition coefficient (Wildman–Crippen LogP) is 15.6. The van der Waals surface area contributed by atoms with Gasteiger partial charge in [0.2, 0.25) is 5.91 Å². The molecule has 13 heteroatoms. The zero-order valence-electron chi connectivity index (χ0n) is 48.2. The standard InChI is InChI=1S/C61H121NO11S/c1-3-5-7-9-11-13-15-17-19-20-21-22-23-24-25-26-27-28-29-30-31-32-33-34-35-36-37-39-41-43-45-47-49-51-57(65)62-54(53-71-61-59(67)60(73-74(68,69)70)58(66)56(52-63)72-61)55(64)50-48-46-44-42-40-38-18-16-14-12-10-8-6-4-2/h54-56,58-61,63-64,66-67H,3-53H2,1-2H3,(H,62,65)(H,68,69,70). The highest BCUT2D eigenvalue weighted by atomic mass is 32.3. The highest BCUT2D eigenvalue weighted by molar-refractivity contribution is 7.80. The highest BCUT2D eigenvalue weighted by Crippen LogP contribution is 2.26. The molecule has 0 saturated carbocycles. The summed E-state index contributed by atoms with van der Waals surface area (Å²) in [4.78, 5) is 13.2. The van der Waals surface area contributed by atoms with E-state index in [1.807, 2.05) is 0 Å². The molecule has 1 fully saturated rings. The first-order chi connectivity index (χ1) is 36.0. The topological polar surface area (TPSA) is 192 Å². The van der Waals surface area contributed by atoms with Crippen LogP contribution in [0.25, 0.3) is 0 Å². The molecule has 74 heavy (non-hydrogen) atoms. The molecule has 0 aliphatic carbocycles. The molecule has 1 aliphatic heterocycles. The normalized spacial score (nSPS) is 19.0. The molecule has 12 nitrogen and oxygen atoms in total. The smallest absolute Gasteiger partial charge is 0.394 e. The molecule has 1 heterocycles. The number of aliphatic hydroxyl groups excluding tert-OH is 4. The lowest BCUT2D eigenvalue weighted by Crippen LogP contribution is -2.61. The van der Waals surface area contributed by atoms with Gasteiger partial charge in [-0.15, -0.1) is 0 Å². The number of hydrogen-bond acceptors (Lipinski definition) is 10. The summed E-state index contributed by atoms with van der Waals surface area (Å²) in [7, 11) is -5.08. The fourth-order valence-electron chi connectivity index (χ4n) is 10.8. The summed E-state index contributed by atoms with van der Waals surface area (Å²) >= 11 is 0. The number of amides is 1. The number of ether oxygens (including phenoxy) is 2. The first kappa shape index (κ1) is 71.1. The van der Waals surface area contributed by atoms with E-state index in [4.69, 9.17) is 9.47 Å². The van der Waals surface area contributed by atoms with Gasteiger partial charge in [0.25, 0.3) is 0 Å². The Hall–Kier alpha value is -0.900. The van der Waals surface area contributed by atoms with Crippen LogP contribution < -0.4 is 5.32 Å². The van der Waals surface area contributed by atoms with Gasteiger partial charge in [-0.25, -0.2) is 4.18 Å². The van der Waals surface area contributed by atoms with Crippen molar-refractivity contribution in [2.75, 3.05) is 13.2 Å². The minimum atomic E-state index is -5.08. The Morgan fingerprint density at radius 2 is 0.784 bits per heavy atom. The van der Waals surface area contributed by atoms with Crippen LogP contribution in [0.1, 0.15) is 328 Å². The van der Waals surface area contributed by atoms with E-state index in [1.165, 1.54) is 250 Å². The van der Waals surface area contributed by atoms with Crippen LogP contribution in [0.5, 0.6) is 0 Å². The Balaban J connectivity index is 2.18. The number of carbonyl (C=O) groups excluding carboxylic acids is 1. The summed E-state index contributed by atoms with van der Waals surface area (Å²) in [5, 5.41) is 45.1. The van der Waals surface area contributed by atoms with Gasteiger partial charge in [-0.2, -0.15) is 8.42 Å². The summed E-state index contributed by atoms with van der Waals surface area (Å²) in [6, 6.07) is -0.853. The minimum Gasteiger partial charge on any atom is -0.394 e. The predicted molar refractivity (Wildman–Crippen MR) is 306 cm³/mol. The van der Waals surface area contributed by atoms with Crippen LogP contribution in [-0.2, 0) is 28.9 Å². The second-order valence-corrected chi connectivity index (χ2v) is 23.8. The third-order valence-electron chi connectivity index (χ3n) is 15.7. The molecule has 1 amide bonds. The number of rotatable bonds is 57. The highest BCUT2D eigenvalue weighted by Gasteiger charge is 2.48. The summed E-state index contributed by atoms with van der Waals surface area (Å²) in [5.41, 5.74) is 0. The van der Waals surface area contributed by atoms with Gasteiger partial charge >= 0.3 is 10.4 Å². The van der Waals surface area contributed by atoms with Crippen LogP contribution in [0, 0.1) is 0 Å². The average molecular weight is 1080 g/mol. The molecule has 7 unspecified atom stereocenters. The molecular weight excluding hydrogens is 955 g/mol. The van der Waals surface area contributed by atoms with Gasteiger partial charge in [-0.05, 0) is 12.8 Å². The third kappa shape index (κ3) is 43.0. The molecule has 442 valence electrons. The van der Waals surface area contributed by atoms with E-state index in [0.717, 1.165) is 51.4 Å². The SMILES string of the molecule is CCCCCCCCCCCCCCCCCCCCCCCCCCCCCCCCCCCC(=O)NC(COC1OC(CO)C(O)C(OS(=O)(=O)O)C1O)C(O)CCCCCCCCCCCCCCCC. The van der Waals surface area contributed by atoms with Crippen molar-refractivity contribution < 1.29 is 51.8 Å². The van der Waals surface area contributed by atoms with Crippen LogP contribution in [0.2, 0.25) is 0 Å². The molecular formula is C61H121NO11S. The molecule has 1 saturated heterocycles. The molecule has 0 bridgehead atoms. The van der Waals surface area contributed by atoms with Gasteiger partial charge in [0.05, 0.1) is 25.4 Å². The third-order valence-corrected chi connectivity index (χ3v) is 16.1. The molecule has 1 rings (SSSR count). The molecule has 1 aliphatic rings. The van der Waals surface area contributed by atoms with E-state index in [1.54, 1.807) is 0 Å². The zero-order chi connectivity index (χ0) is 54.0. The first-order valence-electron chi connectivity index (χ1n) is 31.9. The van der Waals surface area contributed by atoms with Crippen molar-refractivity contribution in [2.24, 2.45) is 0 Å². The van der Waals surface area contributed by atoms with Gasteiger partial charge in [0.1, 0.15) is 24.4 Å². The Bertz CT molecular complexity index is 1310. The number of hydrogen-bond donors (Lipinski definition) is 6. The maximum absolute atomic E-state index is 13.2. The summed E-state index contributed by atoms with van der Waals surface area (Å²) in [6.07, 6.45) is 52.9. The second-order valence-electron chi connectivity index (χ2n) is 22.7. The lowest BCUT2D eigenvalue weighted by atomic mass is 9.99. The zero-order valence-corrected chi connectivity index (χ0v) is 49.0. The first-order valence-corrected chi connectivity index (χ1v) is 33.3. The Morgan fingerprint density at radius 1 is 0.486 bits per heavy atom. The van der Waals surface area contributed by atoms with E-state index >= 15 is 0 Å². The van der Waals surface area contributed by atoms with Crippen molar-refractivity contribution in [3.63, 3.8) is 0 Å². The number of unbranched alkanes of at least 4 members (excludes halogenated alkanes) is 45. The molecule has 0 aromatic heterocycles. The molecule has 0 radical (unpaired) electrons. The van der Waals surface area contributed by atoms with Gasteiger partial charge in [0, 0.05) is 6.42 Å². The van der Waals surface area contributed by atoms with E-state index < -0.39 is 59.9 Å². The fraction of sp³-hybridized carbons (Fsp3) is 0.984. The largest absolute Gasteiger partial charge is 0.397 e. The number of carbonyl (C=O) groups is 1. The van der Waals surface area contributed by atoms with Crippen molar-refractivity contribution in [3.05, 3.63) is 0 Å². The van der Waals surface area contributed by atoms with Crippen molar-refractivity contribution in [1.29, 1.82) is 0 Å². The molecule has 0 spiro atoms. The molecule has 0 aromatic rings.